The summed E-state index contributed by atoms with van der Waals surface area (Å²) in [4.78, 5) is 19.1. The molecule has 146 valence electrons. The number of morpholine rings is 1. The van der Waals surface area contributed by atoms with E-state index in [2.05, 4.69) is 28.5 Å². The van der Waals surface area contributed by atoms with Crippen LogP contribution in [0.25, 0.3) is 10.9 Å². The van der Waals surface area contributed by atoms with Gasteiger partial charge in [-0.15, -0.1) is 0 Å². The Balaban J connectivity index is 1.64. The van der Waals surface area contributed by atoms with Crippen molar-refractivity contribution in [3.8, 4) is 0 Å². The van der Waals surface area contributed by atoms with Gasteiger partial charge in [0, 0.05) is 43.9 Å². The van der Waals surface area contributed by atoms with Crippen LogP contribution in [0.4, 0.5) is 16.3 Å². The molecule has 1 aliphatic heterocycles. The van der Waals surface area contributed by atoms with Gasteiger partial charge in [-0.1, -0.05) is 0 Å². The number of hydrogen-bond acceptors (Lipinski definition) is 5. The molecule has 1 aromatic carbocycles. The summed E-state index contributed by atoms with van der Waals surface area (Å²) in [6.45, 7) is 9.17. The Bertz CT molecular complexity index is 775. The van der Waals surface area contributed by atoms with Gasteiger partial charge in [0.1, 0.15) is 5.82 Å². The lowest BCUT2D eigenvalue weighted by molar-refractivity contribution is 0.122. The van der Waals surface area contributed by atoms with E-state index in [0.717, 1.165) is 60.7 Å². The van der Waals surface area contributed by atoms with E-state index in [9.17, 15) is 4.79 Å². The number of urea groups is 1. The number of carbonyl (C=O) groups excluding carboxylic acids is 1. The van der Waals surface area contributed by atoms with Crippen molar-refractivity contribution in [1.29, 1.82) is 0 Å². The van der Waals surface area contributed by atoms with E-state index in [1.54, 1.807) is 0 Å². The third kappa shape index (κ3) is 5.30. The second kappa shape index (κ2) is 9.53. The normalized spacial score (nSPS) is 14.4. The Kier molecular flexibility index (Phi) is 6.84. The fourth-order valence-corrected chi connectivity index (χ4v) is 3.10. The number of hydrogen-bond donors (Lipinski definition) is 2. The average Bonchev–Trinajstić information content (AvgIpc) is 2.69. The van der Waals surface area contributed by atoms with Crippen LogP contribution in [0.2, 0.25) is 0 Å². The molecule has 0 saturated carbocycles. The molecule has 2 heterocycles. The predicted molar refractivity (Wildman–Crippen MR) is 108 cm³/mol. The van der Waals surface area contributed by atoms with Crippen LogP contribution in [0.1, 0.15) is 18.9 Å². The Labute approximate surface area is 160 Å². The van der Waals surface area contributed by atoms with Gasteiger partial charge in [-0.25, -0.2) is 9.78 Å². The number of benzene rings is 1. The lowest BCUT2D eigenvalue weighted by Crippen LogP contribution is -2.36. The summed E-state index contributed by atoms with van der Waals surface area (Å²) in [5.41, 5.74) is 2.83. The lowest BCUT2D eigenvalue weighted by Gasteiger charge is -2.28. The van der Waals surface area contributed by atoms with E-state index in [1.165, 1.54) is 0 Å². The fraction of sp³-hybridized carbons (Fsp3) is 0.500. The molecule has 0 unspecified atom stereocenters. The molecule has 2 aromatic rings. The van der Waals surface area contributed by atoms with Crippen LogP contribution in [-0.4, -0.2) is 57.1 Å². The first-order chi connectivity index (χ1) is 13.2. The summed E-state index contributed by atoms with van der Waals surface area (Å²) < 4.78 is 10.7. The molecule has 1 fully saturated rings. The Morgan fingerprint density at radius 2 is 2.11 bits per heavy atom. The molecule has 0 radical (unpaired) electrons. The number of pyridine rings is 1. The zero-order chi connectivity index (χ0) is 19.1. The number of aryl methyl sites for hydroxylation is 1. The van der Waals surface area contributed by atoms with Crippen LogP contribution >= 0.6 is 0 Å². The van der Waals surface area contributed by atoms with E-state index in [4.69, 9.17) is 14.5 Å². The Morgan fingerprint density at radius 3 is 2.89 bits per heavy atom. The number of nitrogens with zero attached hydrogens (tertiary/aromatic N) is 2. The molecular formula is C20H28N4O3. The number of fused-ring (bicyclic) bond motifs is 1. The highest BCUT2D eigenvalue weighted by Crippen LogP contribution is 2.25. The summed E-state index contributed by atoms with van der Waals surface area (Å²) in [6.07, 6.45) is 0.798. The highest BCUT2D eigenvalue weighted by Gasteiger charge is 2.14. The molecule has 7 heteroatoms. The van der Waals surface area contributed by atoms with Crippen molar-refractivity contribution < 1.29 is 14.3 Å². The van der Waals surface area contributed by atoms with Crippen molar-refractivity contribution in [2.75, 3.05) is 56.3 Å². The molecule has 0 aliphatic carbocycles. The van der Waals surface area contributed by atoms with Crippen molar-refractivity contribution in [2.24, 2.45) is 0 Å². The van der Waals surface area contributed by atoms with Gasteiger partial charge in [-0.05, 0) is 50.1 Å². The highest BCUT2D eigenvalue weighted by molar-refractivity contribution is 5.93. The third-order valence-electron chi connectivity index (χ3n) is 4.55. The van der Waals surface area contributed by atoms with Crippen molar-refractivity contribution in [1.82, 2.24) is 10.3 Å². The molecule has 1 aliphatic rings. The van der Waals surface area contributed by atoms with Crippen molar-refractivity contribution in [2.45, 2.75) is 20.3 Å². The first kappa shape index (κ1) is 19.4. The van der Waals surface area contributed by atoms with Gasteiger partial charge in [0.25, 0.3) is 0 Å². The lowest BCUT2D eigenvalue weighted by atomic mass is 10.1. The van der Waals surface area contributed by atoms with E-state index in [1.807, 2.05) is 25.1 Å². The summed E-state index contributed by atoms with van der Waals surface area (Å²) >= 11 is 0. The average molecular weight is 372 g/mol. The number of nitrogens with one attached hydrogen (secondary N) is 2. The monoisotopic (exact) mass is 372 g/mol. The van der Waals surface area contributed by atoms with Gasteiger partial charge in [0.15, 0.2) is 0 Å². The molecule has 3 rings (SSSR count). The number of rotatable bonds is 7. The minimum absolute atomic E-state index is 0.207. The molecule has 1 saturated heterocycles. The Morgan fingerprint density at radius 1 is 1.30 bits per heavy atom. The maximum atomic E-state index is 12.0. The smallest absolute Gasteiger partial charge is 0.319 e. The molecule has 0 spiro atoms. The molecule has 2 amide bonds. The number of amides is 2. The maximum absolute atomic E-state index is 12.0. The molecule has 1 aromatic heterocycles. The van der Waals surface area contributed by atoms with E-state index in [-0.39, 0.29) is 6.03 Å². The van der Waals surface area contributed by atoms with Gasteiger partial charge >= 0.3 is 6.03 Å². The standard InChI is InChI=1S/C20H28N4O3/c1-3-26-10-4-7-21-20(25)22-16-5-6-18-17(14-16)15(2)13-19(23-18)24-8-11-27-12-9-24/h5-6,13-14H,3-4,7-12H2,1-2H3,(H2,21,22,25). The van der Waals surface area contributed by atoms with Crippen LogP contribution in [0, 0.1) is 6.92 Å². The minimum atomic E-state index is -0.207. The van der Waals surface area contributed by atoms with Gasteiger partial charge in [-0.3, -0.25) is 0 Å². The predicted octanol–water partition coefficient (Wildman–Crippen LogP) is 2.93. The molecular weight excluding hydrogens is 344 g/mol. The maximum Gasteiger partial charge on any atom is 0.319 e. The van der Waals surface area contributed by atoms with Gasteiger partial charge in [0.05, 0.1) is 18.7 Å². The number of ether oxygens (including phenoxy) is 2. The van der Waals surface area contributed by atoms with Gasteiger partial charge in [-0.2, -0.15) is 0 Å². The first-order valence-corrected chi connectivity index (χ1v) is 9.54. The molecule has 0 atom stereocenters. The Hall–Kier alpha value is -2.38. The topological polar surface area (TPSA) is 75.7 Å². The van der Waals surface area contributed by atoms with Gasteiger partial charge in [0.2, 0.25) is 0 Å². The van der Waals surface area contributed by atoms with Crippen molar-refractivity contribution >= 4 is 28.4 Å². The van der Waals surface area contributed by atoms with Crippen molar-refractivity contribution in [3.63, 3.8) is 0 Å². The summed E-state index contributed by atoms with van der Waals surface area (Å²) in [5.74, 6) is 0.982. The van der Waals surface area contributed by atoms with E-state index >= 15 is 0 Å². The van der Waals surface area contributed by atoms with E-state index in [0.29, 0.717) is 19.8 Å². The molecule has 7 nitrogen and oxygen atoms in total. The largest absolute Gasteiger partial charge is 0.382 e. The first-order valence-electron chi connectivity index (χ1n) is 9.54. The summed E-state index contributed by atoms with van der Waals surface area (Å²) in [7, 11) is 0. The zero-order valence-electron chi connectivity index (χ0n) is 16.1. The van der Waals surface area contributed by atoms with Crippen LogP contribution in [-0.2, 0) is 9.47 Å². The van der Waals surface area contributed by atoms with Crippen LogP contribution < -0.4 is 15.5 Å². The summed E-state index contributed by atoms with van der Waals surface area (Å²) in [5, 5.41) is 6.77. The molecule has 2 N–H and O–H groups in total. The van der Waals surface area contributed by atoms with E-state index < -0.39 is 0 Å². The minimum Gasteiger partial charge on any atom is -0.382 e. The fourth-order valence-electron chi connectivity index (χ4n) is 3.10. The number of aromatic nitrogens is 1. The number of anilines is 2. The van der Waals surface area contributed by atoms with Crippen LogP contribution in [0.3, 0.4) is 0 Å². The second-order valence-electron chi connectivity index (χ2n) is 6.56. The second-order valence-corrected chi connectivity index (χ2v) is 6.56. The highest BCUT2D eigenvalue weighted by atomic mass is 16.5. The zero-order valence-corrected chi connectivity index (χ0v) is 16.1. The molecule has 0 bridgehead atoms. The van der Waals surface area contributed by atoms with Gasteiger partial charge < -0.3 is 25.0 Å². The van der Waals surface area contributed by atoms with Crippen molar-refractivity contribution in [3.05, 3.63) is 29.8 Å². The summed E-state index contributed by atoms with van der Waals surface area (Å²) in [6, 6.07) is 7.71. The third-order valence-corrected chi connectivity index (χ3v) is 4.55. The molecule has 27 heavy (non-hydrogen) atoms. The van der Waals surface area contributed by atoms with Crippen LogP contribution in [0.15, 0.2) is 24.3 Å². The van der Waals surface area contributed by atoms with Crippen LogP contribution in [0.5, 0.6) is 0 Å². The quantitative estimate of drug-likeness (QED) is 0.731. The SMILES string of the molecule is CCOCCCNC(=O)Nc1ccc2nc(N3CCOCC3)cc(C)c2c1. The number of carbonyl (C=O) groups is 1.